The van der Waals surface area contributed by atoms with Crippen LogP contribution in [0, 0.1) is 22.7 Å². The Bertz CT molecular complexity index is 800. The zero-order chi connectivity index (χ0) is 21.2. The molecule has 0 saturated carbocycles. The lowest BCUT2D eigenvalue weighted by atomic mass is 10.0. The van der Waals surface area contributed by atoms with Gasteiger partial charge in [-0.25, -0.2) is 0 Å². The minimum atomic E-state index is -0.434. The van der Waals surface area contributed by atoms with E-state index in [0.717, 1.165) is 12.8 Å². The summed E-state index contributed by atoms with van der Waals surface area (Å²) in [4.78, 5) is 29.0. The maximum Gasteiger partial charge on any atom is 0.241 e. The van der Waals surface area contributed by atoms with Gasteiger partial charge in [-0.2, -0.15) is 10.5 Å². The second-order valence-electron chi connectivity index (χ2n) is 6.80. The van der Waals surface area contributed by atoms with E-state index < -0.39 is 6.04 Å². The fourth-order valence-corrected chi connectivity index (χ4v) is 3.58. The van der Waals surface area contributed by atoms with E-state index >= 15 is 0 Å². The molecule has 1 saturated heterocycles. The Morgan fingerprint density at radius 3 is 2.45 bits per heavy atom. The molecule has 9 heteroatoms. The normalized spacial score (nSPS) is 16.5. The van der Waals surface area contributed by atoms with Crippen LogP contribution in [-0.2, 0) is 9.59 Å². The molecule has 1 unspecified atom stereocenters. The van der Waals surface area contributed by atoms with Crippen molar-refractivity contribution in [2.24, 2.45) is 0 Å². The quantitative estimate of drug-likeness (QED) is 0.673. The summed E-state index contributed by atoms with van der Waals surface area (Å²) in [6, 6.07) is 8.49. The highest BCUT2D eigenvalue weighted by molar-refractivity contribution is 6.42. The maximum atomic E-state index is 12.8. The second kappa shape index (κ2) is 11.6. The van der Waals surface area contributed by atoms with Crippen molar-refractivity contribution in [1.82, 2.24) is 9.80 Å². The number of amides is 2. The Hall–Kier alpha value is -2.32. The van der Waals surface area contributed by atoms with Crippen LogP contribution in [0.1, 0.15) is 32.1 Å². The average Bonchev–Trinajstić information content (AvgIpc) is 2.71. The van der Waals surface area contributed by atoms with E-state index in [9.17, 15) is 9.59 Å². The first-order valence-corrected chi connectivity index (χ1v) is 10.2. The van der Waals surface area contributed by atoms with Gasteiger partial charge in [-0.15, -0.1) is 0 Å². The third-order valence-corrected chi connectivity index (χ3v) is 5.52. The van der Waals surface area contributed by atoms with Crippen LogP contribution in [0.2, 0.25) is 10.0 Å². The molecule has 0 aromatic heterocycles. The third kappa shape index (κ3) is 6.90. The number of anilines is 1. The van der Waals surface area contributed by atoms with Gasteiger partial charge in [0.1, 0.15) is 0 Å². The van der Waals surface area contributed by atoms with Crippen LogP contribution in [0.15, 0.2) is 18.2 Å². The molecule has 2 amide bonds. The number of nitriles is 2. The fraction of sp³-hybridized carbons (Fsp3) is 0.500. The molecular weight excluding hydrogens is 413 g/mol. The molecule has 154 valence electrons. The van der Waals surface area contributed by atoms with Crippen LogP contribution in [0.4, 0.5) is 5.69 Å². The monoisotopic (exact) mass is 435 g/mol. The Kier molecular flexibility index (Phi) is 9.21. The number of halogens is 2. The molecule has 1 aliphatic heterocycles. The van der Waals surface area contributed by atoms with Crippen LogP contribution < -0.4 is 5.32 Å². The highest BCUT2D eigenvalue weighted by Crippen LogP contribution is 2.26. The van der Waals surface area contributed by atoms with Gasteiger partial charge in [0.2, 0.25) is 11.8 Å². The van der Waals surface area contributed by atoms with E-state index in [0.29, 0.717) is 28.7 Å². The predicted octanol–water partition coefficient (Wildman–Crippen LogP) is 3.44. The Morgan fingerprint density at radius 1 is 1.14 bits per heavy atom. The zero-order valence-electron chi connectivity index (χ0n) is 16.0. The van der Waals surface area contributed by atoms with Crippen molar-refractivity contribution in [2.75, 3.05) is 31.5 Å². The summed E-state index contributed by atoms with van der Waals surface area (Å²) < 4.78 is 0. The molecule has 7 nitrogen and oxygen atoms in total. The smallest absolute Gasteiger partial charge is 0.241 e. The summed E-state index contributed by atoms with van der Waals surface area (Å²) in [6.45, 7) is 1.28. The van der Waals surface area contributed by atoms with E-state index in [-0.39, 0.29) is 44.3 Å². The molecule has 0 spiro atoms. The Balaban J connectivity index is 2.04. The van der Waals surface area contributed by atoms with Gasteiger partial charge in [0.05, 0.1) is 47.6 Å². The van der Waals surface area contributed by atoms with Crippen LogP contribution >= 0.6 is 23.2 Å². The number of nitrogens with zero attached hydrogens (tertiary/aromatic N) is 4. The van der Waals surface area contributed by atoms with E-state index in [1.165, 1.54) is 4.90 Å². The number of carbonyl (C=O) groups is 2. The highest BCUT2D eigenvalue weighted by atomic mass is 35.5. The standard InChI is InChI=1S/C20H23Cl2N5O2/c21-16-7-6-15(13-17(16)22)25-20(29)18-5-1-2-10-27(18)14-19(28)26(11-3-8-23)12-4-9-24/h6-7,13,18H,1-5,10-12,14H2,(H,25,29). The molecule has 1 aromatic carbocycles. The summed E-state index contributed by atoms with van der Waals surface area (Å²) in [5.74, 6) is -0.374. The second-order valence-corrected chi connectivity index (χ2v) is 7.61. The van der Waals surface area contributed by atoms with E-state index in [4.69, 9.17) is 33.7 Å². The highest BCUT2D eigenvalue weighted by Gasteiger charge is 2.31. The number of hydrogen-bond acceptors (Lipinski definition) is 5. The molecule has 0 radical (unpaired) electrons. The van der Waals surface area contributed by atoms with E-state index in [2.05, 4.69) is 5.32 Å². The van der Waals surface area contributed by atoms with Crippen molar-refractivity contribution >= 4 is 40.7 Å². The number of benzene rings is 1. The van der Waals surface area contributed by atoms with Crippen LogP contribution in [0.5, 0.6) is 0 Å². The number of hydrogen-bond donors (Lipinski definition) is 1. The maximum absolute atomic E-state index is 12.8. The number of rotatable bonds is 8. The van der Waals surface area contributed by atoms with Gasteiger partial charge in [-0.3, -0.25) is 14.5 Å². The van der Waals surface area contributed by atoms with Crippen molar-refractivity contribution < 1.29 is 9.59 Å². The summed E-state index contributed by atoms with van der Waals surface area (Å²) in [5.41, 5.74) is 0.547. The van der Waals surface area contributed by atoms with Crippen LogP contribution in [0.25, 0.3) is 0 Å². The minimum Gasteiger partial charge on any atom is -0.340 e. The third-order valence-electron chi connectivity index (χ3n) is 4.78. The van der Waals surface area contributed by atoms with Gasteiger partial charge >= 0.3 is 0 Å². The van der Waals surface area contributed by atoms with Gasteiger partial charge in [0, 0.05) is 18.8 Å². The first-order valence-electron chi connectivity index (χ1n) is 9.48. The molecule has 1 fully saturated rings. The van der Waals surface area contributed by atoms with Gasteiger partial charge in [0.25, 0.3) is 0 Å². The molecule has 29 heavy (non-hydrogen) atoms. The molecule has 1 N–H and O–H groups in total. The van der Waals surface area contributed by atoms with Crippen molar-refractivity contribution in [3.63, 3.8) is 0 Å². The van der Waals surface area contributed by atoms with Crippen LogP contribution in [-0.4, -0.2) is 53.8 Å². The van der Waals surface area contributed by atoms with E-state index in [1.807, 2.05) is 17.0 Å². The lowest BCUT2D eigenvalue weighted by molar-refractivity contribution is -0.134. The molecule has 0 bridgehead atoms. The van der Waals surface area contributed by atoms with Crippen molar-refractivity contribution in [3.8, 4) is 12.1 Å². The van der Waals surface area contributed by atoms with Gasteiger partial charge in [-0.05, 0) is 37.6 Å². The molecule has 0 aliphatic carbocycles. The van der Waals surface area contributed by atoms with Crippen molar-refractivity contribution in [2.45, 2.75) is 38.1 Å². The Morgan fingerprint density at radius 2 is 1.83 bits per heavy atom. The van der Waals surface area contributed by atoms with Crippen LogP contribution in [0.3, 0.4) is 0 Å². The molecule has 1 atom stereocenters. The summed E-state index contributed by atoms with van der Waals surface area (Å²) in [6.07, 6.45) is 2.87. The Labute approximate surface area is 180 Å². The molecular formula is C20H23Cl2N5O2. The number of nitrogens with one attached hydrogen (secondary N) is 1. The first kappa shape index (κ1) is 23.0. The fourth-order valence-electron chi connectivity index (χ4n) is 3.28. The van der Waals surface area contributed by atoms with Crippen molar-refractivity contribution in [1.29, 1.82) is 10.5 Å². The SMILES string of the molecule is N#CCCN(CCC#N)C(=O)CN1CCCCC1C(=O)Nc1ccc(Cl)c(Cl)c1. The first-order chi connectivity index (χ1) is 14.0. The number of piperidine rings is 1. The van der Waals surface area contributed by atoms with Crippen molar-refractivity contribution in [3.05, 3.63) is 28.2 Å². The van der Waals surface area contributed by atoms with E-state index in [1.54, 1.807) is 18.2 Å². The summed E-state index contributed by atoms with van der Waals surface area (Å²) >= 11 is 11.9. The largest absolute Gasteiger partial charge is 0.340 e. The zero-order valence-corrected chi connectivity index (χ0v) is 17.5. The summed E-state index contributed by atoms with van der Waals surface area (Å²) in [7, 11) is 0. The molecule has 2 rings (SSSR count). The number of likely N-dealkylation sites (tertiary alicyclic amines) is 1. The molecule has 1 aromatic rings. The van der Waals surface area contributed by atoms with Gasteiger partial charge in [0.15, 0.2) is 0 Å². The van der Waals surface area contributed by atoms with Gasteiger partial charge < -0.3 is 10.2 Å². The number of carbonyl (C=O) groups excluding carboxylic acids is 2. The topological polar surface area (TPSA) is 100 Å². The lowest BCUT2D eigenvalue weighted by Gasteiger charge is -2.35. The summed E-state index contributed by atoms with van der Waals surface area (Å²) in [5, 5.41) is 21.2. The minimum absolute atomic E-state index is 0.0797. The molecule has 1 heterocycles. The predicted molar refractivity (Wildman–Crippen MR) is 111 cm³/mol. The van der Waals surface area contributed by atoms with Gasteiger partial charge in [-0.1, -0.05) is 29.6 Å². The lowest BCUT2D eigenvalue weighted by Crippen LogP contribution is -2.51. The average molecular weight is 436 g/mol. The molecule has 1 aliphatic rings.